The highest BCUT2D eigenvalue weighted by Gasteiger charge is 2.24. The molecule has 1 aromatic heterocycles. The van der Waals surface area contributed by atoms with E-state index in [1.807, 2.05) is 30.3 Å². The van der Waals surface area contributed by atoms with Crippen molar-refractivity contribution in [1.29, 1.82) is 5.26 Å². The number of hydrogen-bond acceptors (Lipinski definition) is 3. The fourth-order valence-electron chi connectivity index (χ4n) is 2.66. The number of nitriles is 1. The van der Waals surface area contributed by atoms with Crippen molar-refractivity contribution in [2.45, 2.75) is 12.8 Å². The predicted octanol–water partition coefficient (Wildman–Crippen LogP) is 2.61. The van der Waals surface area contributed by atoms with E-state index in [1.54, 1.807) is 11.1 Å². The highest BCUT2D eigenvalue weighted by molar-refractivity contribution is 5.98. The zero-order valence-electron chi connectivity index (χ0n) is 11.1. The summed E-state index contributed by atoms with van der Waals surface area (Å²) in [6.45, 7) is 1.28. The van der Waals surface area contributed by atoms with Gasteiger partial charge in [0.1, 0.15) is 0 Å². The molecule has 3 rings (SSSR count). The van der Waals surface area contributed by atoms with Gasteiger partial charge in [0.2, 0.25) is 0 Å². The Morgan fingerprint density at radius 2 is 2.30 bits per heavy atom. The number of benzene rings is 1. The first-order valence-corrected chi connectivity index (χ1v) is 6.81. The lowest BCUT2D eigenvalue weighted by Crippen LogP contribution is -2.39. The van der Waals surface area contributed by atoms with Crippen molar-refractivity contribution < 1.29 is 4.79 Å². The van der Waals surface area contributed by atoms with Crippen molar-refractivity contribution in [2.24, 2.45) is 5.92 Å². The van der Waals surface area contributed by atoms with Gasteiger partial charge < -0.3 is 4.90 Å². The molecule has 2 heterocycles. The molecule has 4 heteroatoms. The molecule has 0 bridgehead atoms. The van der Waals surface area contributed by atoms with Gasteiger partial charge in [-0.2, -0.15) is 5.26 Å². The zero-order chi connectivity index (χ0) is 13.9. The maximum Gasteiger partial charge on any atom is 0.253 e. The van der Waals surface area contributed by atoms with E-state index in [1.165, 1.54) is 0 Å². The smallest absolute Gasteiger partial charge is 0.253 e. The molecule has 0 N–H and O–H groups in total. The van der Waals surface area contributed by atoms with Crippen LogP contribution in [0.3, 0.4) is 0 Å². The minimum absolute atomic E-state index is 0.00991. The molecule has 4 nitrogen and oxygen atoms in total. The summed E-state index contributed by atoms with van der Waals surface area (Å²) < 4.78 is 0. The Bertz CT molecular complexity index is 689. The quantitative estimate of drug-likeness (QED) is 0.796. The third kappa shape index (κ3) is 2.35. The van der Waals surface area contributed by atoms with E-state index in [-0.39, 0.29) is 11.8 Å². The van der Waals surface area contributed by atoms with Crippen LogP contribution in [-0.4, -0.2) is 28.9 Å². The molecule has 1 aliphatic heterocycles. The van der Waals surface area contributed by atoms with Gasteiger partial charge in [-0.05, 0) is 37.1 Å². The number of hydrogen-bond donors (Lipinski definition) is 0. The molecule has 1 amide bonds. The second kappa shape index (κ2) is 5.30. The molecule has 2 aromatic rings. The summed E-state index contributed by atoms with van der Waals surface area (Å²) >= 11 is 0. The molecule has 100 valence electrons. The maximum atomic E-state index is 12.5. The molecule has 0 spiro atoms. The third-order valence-corrected chi connectivity index (χ3v) is 3.74. The number of rotatable bonds is 1. The van der Waals surface area contributed by atoms with Crippen LogP contribution in [-0.2, 0) is 0 Å². The van der Waals surface area contributed by atoms with Crippen molar-refractivity contribution >= 4 is 16.8 Å². The van der Waals surface area contributed by atoms with Crippen LogP contribution in [0.25, 0.3) is 10.9 Å². The summed E-state index contributed by atoms with van der Waals surface area (Å²) in [5, 5.41) is 9.97. The average Bonchev–Trinajstić information content (AvgIpc) is 2.53. The molecule has 1 fully saturated rings. The minimum atomic E-state index is -0.0326. The average molecular weight is 265 g/mol. The lowest BCUT2D eigenvalue weighted by Gasteiger charge is -2.29. The van der Waals surface area contributed by atoms with Crippen LogP contribution in [0.15, 0.2) is 36.5 Å². The largest absolute Gasteiger partial charge is 0.337 e. The van der Waals surface area contributed by atoms with Gasteiger partial charge in [-0.1, -0.05) is 6.07 Å². The normalized spacial score (nSPS) is 18.8. The molecule has 1 atom stereocenters. The lowest BCUT2D eigenvalue weighted by molar-refractivity contribution is 0.0699. The van der Waals surface area contributed by atoms with Gasteiger partial charge in [-0.25, -0.2) is 0 Å². The van der Waals surface area contributed by atoms with E-state index in [0.29, 0.717) is 12.1 Å². The number of nitrogens with zero attached hydrogens (tertiary/aromatic N) is 3. The van der Waals surface area contributed by atoms with Crippen LogP contribution < -0.4 is 0 Å². The molecule has 0 saturated carbocycles. The van der Waals surface area contributed by atoms with E-state index in [0.717, 1.165) is 30.3 Å². The molecule has 20 heavy (non-hydrogen) atoms. The van der Waals surface area contributed by atoms with Gasteiger partial charge >= 0.3 is 0 Å². The number of amides is 1. The van der Waals surface area contributed by atoms with E-state index >= 15 is 0 Å². The summed E-state index contributed by atoms with van der Waals surface area (Å²) in [5.41, 5.74) is 1.56. The minimum Gasteiger partial charge on any atom is -0.337 e. The van der Waals surface area contributed by atoms with Gasteiger partial charge in [0.05, 0.1) is 17.5 Å². The highest BCUT2D eigenvalue weighted by atomic mass is 16.2. The Labute approximate surface area is 117 Å². The van der Waals surface area contributed by atoms with E-state index in [4.69, 9.17) is 5.26 Å². The van der Waals surface area contributed by atoms with Crippen molar-refractivity contribution in [3.63, 3.8) is 0 Å². The molecular weight excluding hydrogens is 250 g/mol. The number of likely N-dealkylation sites (tertiary alicyclic amines) is 1. The first kappa shape index (κ1) is 12.6. The predicted molar refractivity (Wildman–Crippen MR) is 76.0 cm³/mol. The topological polar surface area (TPSA) is 57.0 Å². The summed E-state index contributed by atoms with van der Waals surface area (Å²) in [7, 11) is 0. The second-order valence-electron chi connectivity index (χ2n) is 5.13. The Morgan fingerprint density at radius 1 is 1.40 bits per heavy atom. The number of carbonyl (C=O) groups excluding carboxylic acids is 1. The number of pyridine rings is 1. The third-order valence-electron chi connectivity index (χ3n) is 3.74. The number of aromatic nitrogens is 1. The lowest BCUT2D eigenvalue weighted by atomic mass is 9.99. The van der Waals surface area contributed by atoms with Crippen LogP contribution in [0.5, 0.6) is 0 Å². The second-order valence-corrected chi connectivity index (χ2v) is 5.13. The molecule has 1 aliphatic rings. The van der Waals surface area contributed by atoms with Crippen LogP contribution in [0.1, 0.15) is 23.2 Å². The molecular formula is C16H15N3O. The molecule has 1 aromatic carbocycles. The number of piperidine rings is 1. The van der Waals surface area contributed by atoms with Crippen LogP contribution in [0, 0.1) is 17.2 Å². The highest BCUT2D eigenvalue weighted by Crippen LogP contribution is 2.20. The first-order chi connectivity index (χ1) is 9.78. The molecule has 1 unspecified atom stereocenters. The van der Waals surface area contributed by atoms with Crippen LogP contribution in [0.2, 0.25) is 0 Å². The van der Waals surface area contributed by atoms with Crippen molar-refractivity contribution in [3.05, 3.63) is 42.1 Å². The Balaban J connectivity index is 1.86. The summed E-state index contributed by atoms with van der Waals surface area (Å²) in [5.74, 6) is -0.0227. The van der Waals surface area contributed by atoms with E-state index in [9.17, 15) is 4.79 Å². The standard InChI is InChI=1S/C16H15N3O/c17-10-12-3-2-8-19(11-12)16(20)14-5-6-15-13(9-14)4-1-7-18-15/h1,4-7,9,12H,2-3,8,11H2. The van der Waals surface area contributed by atoms with E-state index < -0.39 is 0 Å². The van der Waals surface area contributed by atoms with Crippen LogP contribution in [0.4, 0.5) is 0 Å². The number of carbonyl (C=O) groups is 1. The summed E-state index contributed by atoms with van der Waals surface area (Å²) in [6, 6.07) is 11.6. The van der Waals surface area contributed by atoms with Gasteiger partial charge in [-0.3, -0.25) is 9.78 Å². The first-order valence-electron chi connectivity index (χ1n) is 6.81. The Kier molecular flexibility index (Phi) is 3.34. The van der Waals surface area contributed by atoms with E-state index in [2.05, 4.69) is 11.1 Å². The molecule has 1 saturated heterocycles. The van der Waals surface area contributed by atoms with Gasteiger partial charge in [0, 0.05) is 30.2 Å². The molecule has 0 aliphatic carbocycles. The fraction of sp³-hybridized carbons (Fsp3) is 0.312. The van der Waals surface area contributed by atoms with Gasteiger partial charge in [0.15, 0.2) is 0 Å². The Hall–Kier alpha value is -2.41. The SMILES string of the molecule is N#CC1CCCN(C(=O)c2ccc3ncccc3c2)C1. The van der Waals surface area contributed by atoms with Gasteiger partial charge in [0.25, 0.3) is 5.91 Å². The number of fused-ring (bicyclic) bond motifs is 1. The summed E-state index contributed by atoms with van der Waals surface area (Å²) in [4.78, 5) is 18.5. The zero-order valence-corrected chi connectivity index (χ0v) is 11.1. The van der Waals surface area contributed by atoms with Crippen molar-refractivity contribution in [3.8, 4) is 6.07 Å². The maximum absolute atomic E-state index is 12.5. The molecule has 0 radical (unpaired) electrons. The summed E-state index contributed by atoms with van der Waals surface area (Å²) in [6.07, 6.45) is 3.53. The Morgan fingerprint density at radius 3 is 3.15 bits per heavy atom. The van der Waals surface area contributed by atoms with Crippen LogP contribution >= 0.6 is 0 Å². The monoisotopic (exact) mass is 265 g/mol. The fourth-order valence-corrected chi connectivity index (χ4v) is 2.66. The van der Waals surface area contributed by atoms with Crippen molar-refractivity contribution in [1.82, 2.24) is 9.88 Å². The van der Waals surface area contributed by atoms with Crippen molar-refractivity contribution in [2.75, 3.05) is 13.1 Å². The van der Waals surface area contributed by atoms with Gasteiger partial charge in [-0.15, -0.1) is 0 Å².